The van der Waals surface area contributed by atoms with E-state index < -0.39 is 61.9 Å². The summed E-state index contributed by atoms with van der Waals surface area (Å²) in [5.41, 5.74) is 0. The number of rotatable bonds is 12. The first-order valence-electron chi connectivity index (χ1n) is 16.8. The maximum absolute atomic E-state index is 13.2. The van der Waals surface area contributed by atoms with E-state index in [1.165, 1.54) is 6.42 Å². The van der Waals surface area contributed by atoms with E-state index in [1.54, 1.807) is 0 Å². The fourth-order valence-electron chi connectivity index (χ4n) is 8.25. The van der Waals surface area contributed by atoms with E-state index in [-0.39, 0.29) is 42.6 Å². The monoisotopic (exact) mass is 731 g/mol. The van der Waals surface area contributed by atoms with Gasteiger partial charge in [-0.1, -0.05) is 31.2 Å². The summed E-state index contributed by atoms with van der Waals surface area (Å²) in [6.45, 7) is 2.18. The number of aliphatic hydroxyl groups is 1. The molecule has 4 N–H and O–H groups in total. The summed E-state index contributed by atoms with van der Waals surface area (Å²) >= 11 is 5.38. The third-order valence-electron chi connectivity index (χ3n) is 10.8. The second-order valence-corrected chi connectivity index (χ2v) is 18.2. The van der Waals surface area contributed by atoms with E-state index in [1.807, 2.05) is 0 Å². The standard InChI is InChI=1S/C29H50ClN3O10S3/c1-17-7-10-21(11-8-17)41-45(36)33-24-16-22(46(37,38)39)13-18-14-26(44-43-42-35)28(29(34)27(18)24)32-31-23-15-19(30)9-12-25(23)40-20-5-3-2-4-6-20/h17-29,33-35H,2-16H2,1H3,(H,37,38,39). The molecular formula is C29H50ClN3O10S3. The van der Waals surface area contributed by atoms with Gasteiger partial charge in [-0.2, -0.15) is 18.6 Å². The quantitative estimate of drug-likeness (QED) is 0.0510. The van der Waals surface area contributed by atoms with Crippen LogP contribution >= 0.6 is 23.6 Å². The Morgan fingerprint density at radius 2 is 1.67 bits per heavy atom. The number of fused-ring (bicyclic) bond motifs is 1. The largest absolute Gasteiger partial charge is 0.390 e. The molecule has 5 saturated carbocycles. The maximum Gasteiger partial charge on any atom is 0.267 e. The van der Waals surface area contributed by atoms with Crippen molar-refractivity contribution >= 4 is 45.0 Å². The number of nitrogens with one attached hydrogen (secondary N) is 1. The van der Waals surface area contributed by atoms with Crippen molar-refractivity contribution in [1.82, 2.24) is 4.72 Å². The Morgan fingerprint density at radius 1 is 0.935 bits per heavy atom. The molecule has 5 aliphatic rings. The lowest BCUT2D eigenvalue weighted by Gasteiger charge is -2.49. The second kappa shape index (κ2) is 17.3. The first-order valence-corrected chi connectivity index (χ1v) is 20.7. The fourth-order valence-corrected chi connectivity index (χ4v) is 11.3. The average Bonchev–Trinajstić information content (AvgIpc) is 3.01. The first-order chi connectivity index (χ1) is 22.0. The van der Waals surface area contributed by atoms with Crippen LogP contribution in [0.4, 0.5) is 0 Å². The van der Waals surface area contributed by atoms with E-state index in [2.05, 4.69) is 21.8 Å². The Balaban J connectivity index is 1.34. The summed E-state index contributed by atoms with van der Waals surface area (Å²) in [5.74, 6) is -0.408. The Labute approximate surface area is 284 Å². The van der Waals surface area contributed by atoms with Crippen molar-refractivity contribution in [1.29, 1.82) is 0 Å². The Kier molecular flexibility index (Phi) is 14.0. The summed E-state index contributed by atoms with van der Waals surface area (Å²) in [4.78, 5) is 0. The van der Waals surface area contributed by atoms with Gasteiger partial charge in [-0.25, -0.2) is 14.2 Å². The first kappa shape index (κ1) is 37.3. The number of hydrogen-bond acceptors (Lipinski definition) is 12. The molecule has 5 aliphatic carbocycles. The molecule has 11 unspecified atom stereocenters. The molecule has 0 bridgehead atoms. The Morgan fingerprint density at radius 3 is 2.37 bits per heavy atom. The predicted octanol–water partition coefficient (Wildman–Crippen LogP) is 5.30. The van der Waals surface area contributed by atoms with E-state index in [4.69, 9.17) is 35.2 Å². The number of halogens is 1. The van der Waals surface area contributed by atoms with E-state index in [0.717, 1.165) is 76.3 Å². The predicted molar refractivity (Wildman–Crippen MR) is 174 cm³/mol. The van der Waals surface area contributed by atoms with Gasteiger partial charge in [-0.3, -0.25) is 8.74 Å². The van der Waals surface area contributed by atoms with Crippen LogP contribution in [-0.2, 0) is 39.7 Å². The molecule has 17 heteroatoms. The van der Waals surface area contributed by atoms with Gasteiger partial charge in [0.1, 0.15) is 6.04 Å². The zero-order valence-electron chi connectivity index (χ0n) is 26.3. The van der Waals surface area contributed by atoms with Gasteiger partial charge in [0.05, 0.1) is 41.0 Å². The molecular weight excluding hydrogens is 682 g/mol. The molecule has 0 amide bonds. The van der Waals surface area contributed by atoms with Gasteiger partial charge in [0, 0.05) is 29.4 Å². The summed E-state index contributed by atoms with van der Waals surface area (Å²) < 4.78 is 68.0. The summed E-state index contributed by atoms with van der Waals surface area (Å²) in [5, 5.41) is 32.3. The van der Waals surface area contributed by atoms with Crippen LogP contribution in [0.3, 0.4) is 0 Å². The van der Waals surface area contributed by atoms with Gasteiger partial charge in [0.25, 0.3) is 10.1 Å². The van der Waals surface area contributed by atoms with Crippen molar-refractivity contribution in [2.75, 3.05) is 0 Å². The molecule has 5 rings (SSSR count). The number of nitrogens with zero attached hydrogens (tertiary/aromatic N) is 2. The zero-order valence-corrected chi connectivity index (χ0v) is 29.5. The van der Waals surface area contributed by atoms with Crippen LogP contribution in [0.1, 0.15) is 103 Å². The third-order valence-corrected chi connectivity index (χ3v) is 14.2. The third kappa shape index (κ3) is 10.1. The van der Waals surface area contributed by atoms with Crippen molar-refractivity contribution in [3.8, 4) is 0 Å². The van der Waals surface area contributed by atoms with Gasteiger partial charge in [0.2, 0.25) is 11.3 Å². The molecule has 0 aromatic carbocycles. The van der Waals surface area contributed by atoms with Crippen LogP contribution in [-0.4, -0.2) is 86.0 Å². The van der Waals surface area contributed by atoms with Crippen LogP contribution in [0.2, 0.25) is 0 Å². The highest BCUT2D eigenvalue weighted by Gasteiger charge is 2.53. The minimum absolute atomic E-state index is 0.0559. The van der Waals surface area contributed by atoms with Crippen LogP contribution in [0.5, 0.6) is 0 Å². The Hall–Kier alpha value is 0.0200. The van der Waals surface area contributed by atoms with Gasteiger partial charge < -0.3 is 9.84 Å². The normalized spacial score (nSPS) is 42.1. The summed E-state index contributed by atoms with van der Waals surface area (Å²) in [7, 11) is -4.42. The number of hydrogen-bond donors (Lipinski definition) is 4. The minimum atomic E-state index is -4.42. The van der Waals surface area contributed by atoms with E-state index in [9.17, 15) is 22.3 Å². The van der Waals surface area contributed by atoms with Crippen LogP contribution in [0.25, 0.3) is 0 Å². The Bertz CT molecular complexity index is 1130. The lowest BCUT2D eigenvalue weighted by molar-refractivity contribution is -0.432. The molecule has 46 heavy (non-hydrogen) atoms. The molecule has 0 aromatic rings. The smallest absolute Gasteiger partial charge is 0.267 e. The molecule has 13 nitrogen and oxygen atoms in total. The molecule has 5 fully saturated rings. The maximum atomic E-state index is 13.2. The van der Waals surface area contributed by atoms with E-state index >= 15 is 0 Å². The van der Waals surface area contributed by atoms with Crippen molar-refractivity contribution in [2.45, 2.75) is 162 Å². The van der Waals surface area contributed by atoms with E-state index in [0.29, 0.717) is 18.8 Å². The van der Waals surface area contributed by atoms with Gasteiger partial charge in [-0.15, -0.1) is 15.9 Å². The SMILES string of the molecule is CC1CCC(OS(=O)NC2CC(S(=O)(=O)O)CC3CC(SOOO)C(N=NC4CC(Cl)CCC4OC4CCCCC4)C(O)C32)CC1. The molecule has 11 atom stereocenters. The summed E-state index contributed by atoms with van der Waals surface area (Å²) in [6.07, 6.45) is 10.3. The fraction of sp³-hybridized carbons (Fsp3) is 1.00. The number of aliphatic hydroxyl groups excluding tert-OH is 1. The average molecular weight is 732 g/mol. The molecule has 0 spiro atoms. The number of azo groups is 1. The molecule has 0 aliphatic heterocycles. The lowest BCUT2D eigenvalue weighted by atomic mass is 9.65. The molecule has 0 saturated heterocycles. The topological polar surface area (TPSA) is 186 Å². The van der Waals surface area contributed by atoms with Gasteiger partial charge in [0.15, 0.2) is 0 Å². The lowest BCUT2D eigenvalue weighted by Crippen LogP contribution is -2.60. The number of ether oxygens (including phenoxy) is 1. The molecule has 0 radical (unpaired) electrons. The highest BCUT2D eigenvalue weighted by atomic mass is 35.5. The second-order valence-electron chi connectivity index (χ2n) is 14.0. The van der Waals surface area contributed by atoms with Crippen molar-refractivity contribution < 1.29 is 45.8 Å². The highest BCUT2D eigenvalue weighted by molar-refractivity contribution is 7.95. The van der Waals surface area contributed by atoms with Crippen molar-refractivity contribution in [2.24, 2.45) is 28.0 Å². The van der Waals surface area contributed by atoms with Gasteiger partial charge in [-0.05, 0) is 88.9 Å². The van der Waals surface area contributed by atoms with Crippen LogP contribution < -0.4 is 4.72 Å². The van der Waals surface area contributed by atoms with Gasteiger partial charge >= 0.3 is 0 Å². The van der Waals surface area contributed by atoms with Crippen LogP contribution in [0.15, 0.2) is 10.2 Å². The number of alkyl halides is 1. The highest BCUT2D eigenvalue weighted by Crippen LogP contribution is 2.47. The zero-order chi connectivity index (χ0) is 32.8. The molecule has 266 valence electrons. The molecule has 0 aromatic heterocycles. The van der Waals surface area contributed by atoms with Crippen LogP contribution in [0, 0.1) is 17.8 Å². The van der Waals surface area contributed by atoms with Crippen molar-refractivity contribution in [3.05, 3.63) is 0 Å². The van der Waals surface area contributed by atoms with Crippen molar-refractivity contribution in [3.63, 3.8) is 0 Å². The summed E-state index contributed by atoms with van der Waals surface area (Å²) in [6, 6.07) is -1.88. The minimum Gasteiger partial charge on any atom is -0.390 e. The molecule has 0 heterocycles.